The standard InChI is InChI=1S/C22H17N3O5/c26-12-13-3-5-14(6-4-13)20(27)25-22(29)23-15-7-8-17-18(11-16-2-1-9-30-16)21(28)24-19(17)10-15/h1-11,26H,12H2,(H,24,28)(H2,23,25,27,29)/b18-11-. The molecule has 0 atom stereocenters. The molecular weight excluding hydrogens is 386 g/mol. The van der Waals surface area contributed by atoms with Gasteiger partial charge in [-0.15, -0.1) is 0 Å². The fraction of sp³-hybridized carbons (Fsp3) is 0.0455. The number of fused-ring (bicyclic) bond motifs is 1. The molecule has 2 heterocycles. The first-order valence-corrected chi connectivity index (χ1v) is 9.06. The predicted octanol–water partition coefficient (Wildman–Crippen LogP) is 3.23. The van der Waals surface area contributed by atoms with E-state index >= 15 is 0 Å². The van der Waals surface area contributed by atoms with Crippen LogP contribution in [0.25, 0.3) is 11.6 Å². The first-order valence-electron chi connectivity index (χ1n) is 9.06. The van der Waals surface area contributed by atoms with Crippen molar-refractivity contribution in [3.05, 3.63) is 83.3 Å². The molecule has 30 heavy (non-hydrogen) atoms. The lowest BCUT2D eigenvalue weighted by atomic mass is 10.1. The number of amides is 4. The van der Waals surface area contributed by atoms with E-state index < -0.39 is 11.9 Å². The maximum Gasteiger partial charge on any atom is 0.326 e. The van der Waals surface area contributed by atoms with Crippen molar-refractivity contribution in [3.8, 4) is 0 Å². The van der Waals surface area contributed by atoms with Gasteiger partial charge in [0.2, 0.25) is 0 Å². The normalized spacial score (nSPS) is 13.6. The lowest BCUT2D eigenvalue weighted by Crippen LogP contribution is -2.34. The highest BCUT2D eigenvalue weighted by molar-refractivity contribution is 6.35. The minimum absolute atomic E-state index is 0.129. The third-order valence-corrected chi connectivity index (χ3v) is 4.52. The number of furan rings is 1. The topological polar surface area (TPSA) is 121 Å². The lowest BCUT2D eigenvalue weighted by molar-refractivity contribution is -0.110. The van der Waals surface area contributed by atoms with Crippen molar-refractivity contribution in [2.45, 2.75) is 6.61 Å². The van der Waals surface area contributed by atoms with Crippen molar-refractivity contribution in [1.29, 1.82) is 0 Å². The van der Waals surface area contributed by atoms with Crippen molar-refractivity contribution in [3.63, 3.8) is 0 Å². The Morgan fingerprint density at radius 1 is 1.10 bits per heavy atom. The van der Waals surface area contributed by atoms with Gasteiger partial charge >= 0.3 is 6.03 Å². The van der Waals surface area contributed by atoms with Crippen LogP contribution in [0, 0.1) is 0 Å². The number of hydrogen-bond acceptors (Lipinski definition) is 5. The molecule has 4 rings (SSSR count). The number of nitrogens with one attached hydrogen (secondary N) is 3. The average molecular weight is 403 g/mol. The molecule has 0 bridgehead atoms. The van der Waals surface area contributed by atoms with E-state index in [9.17, 15) is 14.4 Å². The van der Waals surface area contributed by atoms with E-state index in [1.165, 1.54) is 18.4 Å². The molecule has 3 aromatic rings. The minimum Gasteiger partial charge on any atom is -0.465 e. The molecule has 1 aliphatic rings. The number of imide groups is 1. The van der Waals surface area contributed by atoms with Crippen LogP contribution in [0.2, 0.25) is 0 Å². The number of hydrogen-bond donors (Lipinski definition) is 4. The maximum absolute atomic E-state index is 12.3. The summed E-state index contributed by atoms with van der Waals surface area (Å²) in [6, 6.07) is 14.0. The zero-order chi connectivity index (χ0) is 21.1. The second-order valence-corrected chi connectivity index (χ2v) is 6.55. The Labute approximate surface area is 171 Å². The molecule has 0 saturated heterocycles. The van der Waals surface area contributed by atoms with E-state index in [-0.39, 0.29) is 18.1 Å². The fourth-order valence-electron chi connectivity index (χ4n) is 3.03. The van der Waals surface area contributed by atoms with Crippen LogP contribution in [0.1, 0.15) is 27.2 Å². The molecule has 8 nitrogen and oxygen atoms in total. The summed E-state index contributed by atoms with van der Waals surface area (Å²) in [6.07, 6.45) is 3.16. The van der Waals surface area contributed by atoms with Gasteiger partial charge in [-0.2, -0.15) is 0 Å². The van der Waals surface area contributed by atoms with Crippen molar-refractivity contribution < 1.29 is 23.9 Å². The van der Waals surface area contributed by atoms with E-state index in [4.69, 9.17) is 9.52 Å². The van der Waals surface area contributed by atoms with Crippen LogP contribution < -0.4 is 16.0 Å². The first-order chi connectivity index (χ1) is 14.5. The van der Waals surface area contributed by atoms with Gasteiger partial charge in [0.25, 0.3) is 11.8 Å². The van der Waals surface area contributed by atoms with Gasteiger partial charge in [0, 0.05) is 16.8 Å². The Hall–Kier alpha value is -4.17. The number of carbonyl (C=O) groups is 3. The number of aliphatic hydroxyl groups excluding tert-OH is 1. The quantitative estimate of drug-likeness (QED) is 0.499. The van der Waals surface area contributed by atoms with Crippen molar-refractivity contribution >= 4 is 40.9 Å². The zero-order valence-electron chi connectivity index (χ0n) is 15.6. The van der Waals surface area contributed by atoms with Crippen LogP contribution in [0.4, 0.5) is 16.2 Å². The molecule has 0 spiro atoms. The van der Waals surface area contributed by atoms with Crippen molar-refractivity contribution in [1.82, 2.24) is 5.32 Å². The fourth-order valence-corrected chi connectivity index (χ4v) is 3.03. The van der Waals surface area contributed by atoms with Gasteiger partial charge in [-0.1, -0.05) is 18.2 Å². The van der Waals surface area contributed by atoms with E-state index in [0.29, 0.717) is 33.8 Å². The van der Waals surface area contributed by atoms with Gasteiger partial charge in [0.1, 0.15) is 5.76 Å². The molecule has 1 aliphatic heterocycles. The Balaban J connectivity index is 1.44. The number of benzene rings is 2. The van der Waals surface area contributed by atoms with Crippen LogP contribution in [0.15, 0.2) is 65.3 Å². The summed E-state index contributed by atoms with van der Waals surface area (Å²) in [5.74, 6) is -0.292. The first kappa shape index (κ1) is 19.2. The number of aliphatic hydroxyl groups is 1. The van der Waals surface area contributed by atoms with Crippen molar-refractivity contribution in [2.75, 3.05) is 10.6 Å². The third kappa shape index (κ3) is 3.98. The summed E-state index contributed by atoms with van der Waals surface area (Å²) in [5, 5.41) is 16.6. The molecule has 0 unspecified atom stereocenters. The van der Waals surface area contributed by atoms with Gasteiger partial charge in [-0.3, -0.25) is 14.9 Å². The molecule has 4 amide bonds. The maximum atomic E-state index is 12.3. The van der Waals surface area contributed by atoms with Gasteiger partial charge in [-0.05, 0) is 48.0 Å². The van der Waals surface area contributed by atoms with Gasteiger partial charge < -0.3 is 20.2 Å². The number of carbonyl (C=O) groups excluding carboxylic acids is 3. The summed E-state index contributed by atoms with van der Waals surface area (Å²) in [4.78, 5) is 36.6. The van der Waals surface area contributed by atoms with Crippen LogP contribution in [-0.2, 0) is 11.4 Å². The Morgan fingerprint density at radius 3 is 2.60 bits per heavy atom. The molecule has 8 heteroatoms. The van der Waals surface area contributed by atoms with E-state index in [0.717, 1.165) is 0 Å². The molecule has 0 aliphatic carbocycles. The van der Waals surface area contributed by atoms with E-state index in [2.05, 4.69) is 16.0 Å². The second-order valence-electron chi connectivity index (χ2n) is 6.55. The van der Waals surface area contributed by atoms with Gasteiger partial charge in [0.15, 0.2) is 0 Å². The van der Waals surface area contributed by atoms with E-state index in [1.54, 1.807) is 48.5 Å². The predicted molar refractivity (Wildman–Crippen MR) is 111 cm³/mol. The third-order valence-electron chi connectivity index (χ3n) is 4.52. The number of rotatable bonds is 4. The van der Waals surface area contributed by atoms with Gasteiger partial charge in [-0.25, -0.2) is 4.79 Å². The lowest BCUT2D eigenvalue weighted by Gasteiger charge is -2.08. The zero-order valence-corrected chi connectivity index (χ0v) is 15.6. The smallest absolute Gasteiger partial charge is 0.326 e. The molecular formula is C22H17N3O5. The molecule has 0 fully saturated rings. The second kappa shape index (κ2) is 8.06. The van der Waals surface area contributed by atoms with Crippen LogP contribution in [-0.4, -0.2) is 23.0 Å². The molecule has 4 N–H and O–H groups in total. The molecule has 2 aromatic carbocycles. The summed E-state index contributed by atoms with van der Waals surface area (Å²) in [5.41, 5.74) is 3.04. The van der Waals surface area contributed by atoms with Crippen molar-refractivity contribution in [2.24, 2.45) is 0 Å². The van der Waals surface area contributed by atoms with Crippen LogP contribution in [0.5, 0.6) is 0 Å². The molecule has 0 saturated carbocycles. The Morgan fingerprint density at radius 2 is 1.90 bits per heavy atom. The van der Waals surface area contributed by atoms with E-state index in [1.807, 2.05) is 0 Å². The summed E-state index contributed by atoms with van der Waals surface area (Å²) < 4.78 is 5.26. The van der Waals surface area contributed by atoms with Gasteiger partial charge in [0.05, 0.1) is 24.1 Å². The summed E-state index contributed by atoms with van der Waals surface area (Å²) in [7, 11) is 0. The highest BCUT2D eigenvalue weighted by Gasteiger charge is 2.25. The number of urea groups is 1. The Bertz CT molecular complexity index is 1150. The highest BCUT2D eigenvalue weighted by atomic mass is 16.3. The largest absolute Gasteiger partial charge is 0.465 e. The Kier molecular flexibility index (Phi) is 5.15. The molecule has 150 valence electrons. The summed E-state index contributed by atoms with van der Waals surface area (Å²) >= 11 is 0. The molecule has 1 aromatic heterocycles. The van der Waals surface area contributed by atoms with Crippen LogP contribution >= 0.6 is 0 Å². The number of anilines is 2. The van der Waals surface area contributed by atoms with Crippen LogP contribution in [0.3, 0.4) is 0 Å². The average Bonchev–Trinajstić information content (AvgIpc) is 3.36. The summed E-state index contributed by atoms with van der Waals surface area (Å²) in [6.45, 7) is -0.129. The monoisotopic (exact) mass is 403 g/mol. The highest BCUT2D eigenvalue weighted by Crippen LogP contribution is 2.35. The molecule has 0 radical (unpaired) electrons. The minimum atomic E-state index is -0.707. The SMILES string of the molecule is O=C(NC(=O)c1ccc(CO)cc1)Nc1ccc2c(c1)NC(=O)/C2=C\c1ccco1.